The smallest absolute Gasteiger partial charge is 0.0590 e. The molecule has 0 spiro atoms. The molecule has 0 amide bonds. The lowest BCUT2D eigenvalue weighted by Gasteiger charge is -2.38. The molecule has 1 heterocycles. The van der Waals surface area contributed by atoms with Crippen LogP contribution in [-0.2, 0) is 4.74 Å². The molecule has 1 fully saturated rings. The molecule has 0 aromatic heterocycles. The standard InChI is InChI=1S/C13H28N2O/c1-4-16-11-8-14-7-10-15-9-5-6-13(2,3)12-15/h14H,4-12H2,1-3H3. The Labute approximate surface area is 101 Å². The van der Waals surface area contributed by atoms with E-state index >= 15 is 0 Å². The summed E-state index contributed by atoms with van der Waals surface area (Å²) in [5.41, 5.74) is 0.517. The van der Waals surface area contributed by atoms with Gasteiger partial charge in [0.05, 0.1) is 6.61 Å². The van der Waals surface area contributed by atoms with Crippen LogP contribution in [0.25, 0.3) is 0 Å². The topological polar surface area (TPSA) is 24.5 Å². The van der Waals surface area contributed by atoms with Gasteiger partial charge < -0.3 is 15.0 Å². The van der Waals surface area contributed by atoms with Crippen LogP contribution >= 0.6 is 0 Å². The van der Waals surface area contributed by atoms with Gasteiger partial charge in [0.1, 0.15) is 0 Å². The third kappa shape index (κ3) is 5.83. The molecular formula is C13H28N2O. The van der Waals surface area contributed by atoms with E-state index in [2.05, 4.69) is 24.1 Å². The van der Waals surface area contributed by atoms with Crippen molar-refractivity contribution in [3.05, 3.63) is 0 Å². The first-order chi connectivity index (χ1) is 7.64. The molecular weight excluding hydrogens is 200 g/mol. The fraction of sp³-hybridized carbons (Fsp3) is 1.00. The van der Waals surface area contributed by atoms with E-state index in [9.17, 15) is 0 Å². The minimum absolute atomic E-state index is 0.517. The van der Waals surface area contributed by atoms with Gasteiger partial charge in [-0.05, 0) is 31.7 Å². The number of nitrogens with one attached hydrogen (secondary N) is 1. The van der Waals surface area contributed by atoms with Crippen LogP contribution in [0.15, 0.2) is 0 Å². The molecule has 1 aliphatic rings. The van der Waals surface area contributed by atoms with Crippen LogP contribution in [0.5, 0.6) is 0 Å². The lowest BCUT2D eigenvalue weighted by molar-refractivity contribution is 0.116. The molecule has 16 heavy (non-hydrogen) atoms. The van der Waals surface area contributed by atoms with Crippen molar-refractivity contribution in [1.82, 2.24) is 10.2 Å². The predicted octanol–water partition coefficient (Wildman–Crippen LogP) is 1.73. The van der Waals surface area contributed by atoms with Gasteiger partial charge in [0.2, 0.25) is 0 Å². The highest BCUT2D eigenvalue weighted by Gasteiger charge is 2.25. The molecule has 0 bridgehead atoms. The van der Waals surface area contributed by atoms with E-state index in [0.29, 0.717) is 5.41 Å². The van der Waals surface area contributed by atoms with Gasteiger partial charge in [-0.15, -0.1) is 0 Å². The largest absolute Gasteiger partial charge is 0.380 e. The summed E-state index contributed by atoms with van der Waals surface area (Å²) < 4.78 is 5.28. The van der Waals surface area contributed by atoms with Crippen molar-refractivity contribution in [2.24, 2.45) is 5.41 Å². The lowest BCUT2D eigenvalue weighted by Crippen LogP contribution is -2.43. The van der Waals surface area contributed by atoms with Crippen molar-refractivity contribution in [2.45, 2.75) is 33.6 Å². The number of nitrogens with zero attached hydrogens (tertiary/aromatic N) is 1. The van der Waals surface area contributed by atoms with E-state index in [-0.39, 0.29) is 0 Å². The van der Waals surface area contributed by atoms with Crippen LogP contribution in [0, 0.1) is 5.41 Å². The van der Waals surface area contributed by atoms with Crippen molar-refractivity contribution in [3.63, 3.8) is 0 Å². The highest BCUT2D eigenvalue weighted by Crippen LogP contribution is 2.27. The first kappa shape index (κ1) is 13.9. The Morgan fingerprint density at radius 3 is 2.81 bits per heavy atom. The normalized spacial score (nSPS) is 21.2. The van der Waals surface area contributed by atoms with Gasteiger partial charge in [-0.3, -0.25) is 0 Å². The number of likely N-dealkylation sites (tertiary alicyclic amines) is 1. The highest BCUT2D eigenvalue weighted by molar-refractivity contribution is 4.79. The zero-order chi connectivity index (χ0) is 11.9. The summed E-state index contributed by atoms with van der Waals surface area (Å²) in [6.07, 6.45) is 2.73. The summed E-state index contributed by atoms with van der Waals surface area (Å²) in [4.78, 5) is 2.58. The van der Waals surface area contributed by atoms with E-state index in [1.807, 2.05) is 6.92 Å². The van der Waals surface area contributed by atoms with Crippen molar-refractivity contribution in [3.8, 4) is 0 Å². The van der Waals surface area contributed by atoms with Crippen molar-refractivity contribution in [2.75, 3.05) is 45.9 Å². The Morgan fingerprint density at radius 2 is 2.12 bits per heavy atom. The Bertz CT molecular complexity index is 183. The summed E-state index contributed by atoms with van der Waals surface area (Å²) >= 11 is 0. The Hall–Kier alpha value is -0.120. The molecule has 0 aromatic rings. The number of hydrogen-bond acceptors (Lipinski definition) is 3. The molecule has 1 saturated heterocycles. The van der Waals surface area contributed by atoms with Gasteiger partial charge in [-0.25, -0.2) is 0 Å². The summed E-state index contributed by atoms with van der Waals surface area (Å²) in [6.45, 7) is 14.2. The first-order valence-corrected chi connectivity index (χ1v) is 6.65. The minimum atomic E-state index is 0.517. The van der Waals surface area contributed by atoms with Crippen LogP contribution in [0.3, 0.4) is 0 Å². The van der Waals surface area contributed by atoms with Crippen molar-refractivity contribution < 1.29 is 4.74 Å². The van der Waals surface area contributed by atoms with Crippen LogP contribution in [0.1, 0.15) is 33.6 Å². The summed E-state index contributed by atoms with van der Waals surface area (Å²) in [5, 5.41) is 3.43. The summed E-state index contributed by atoms with van der Waals surface area (Å²) in [6, 6.07) is 0. The zero-order valence-corrected chi connectivity index (χ0v) is 11.2. The van der Waals surface area contributed by atoms with Crippen LogP contribution in [0.2, 0.25) is 0 Å². The second-order valence-corrected chi connectivity index (χ2v) is 5.49. The highest BCUT2D eigenvalue weighted by atomic mass is 16.5. The lowest BCUT2D eigenvalue weighted by atomic mass is 9.84. The van der Waals surface area contributed by atoms with Gasteiger partial charge >= 0.3 is 0 Å². The van der Waals surface area contributed by atoms with Crippen LogP contribution in [0.4, 0.5) is 0 Å². The van der Waals surface area contributed by atoms with Gasteiger partial charge in [0.15, 0.2) is 0 Å². The summed E-state index contributed by atoms with van der Waals surface area (Å²) in [7, 11) is 0. The van der Waals surface area contributed by atoms with E-state index in [0.717, 1.165) is 26.3 Å². The Kier molecular flexibility index (Phi) is 6.32. The predicted molar refractivity (Wildman–Crippen MR) is 68.8 cm³/mol. The SMILES string of the molecule is CCOCCNCCN1CCCC(C)(C)C1. The maximum atomic E-state index is 5.28. The van der Waals surface area contributed by atoms with E-state index < -0.39 is 0 Å². The molecule has 1 N–H and O–H groups in total. The van der Waals surface area contributed by atoms with Crippen molar-refractivity contribution >= 4 is 0 Å². The number of piperidine rings is 1. The third-order valence-electron chi connectivity index (χ3n) is 3.21. The molecule has 0 aromatic carbocycles. The average Bonchev–Trinajstić information content (AvgIpc) is 2.22. The van der Waals surface area contributed by atoms with Gasteiger partial charge in [-0.2, -0.15) is 0 Å². The first-order valence-electron chi connectivity index (χ1n) is 6.65. The molecule has 0 saturated carbocycles. The molecule has 3 heteroatoms. The minimum Gasteiger partial charge on any atom is -0.380 e. The quantitative estimate of drug-likeness (QED) is 0.672. The maximum absolute atomic E-state index is 5.28. The number of ether oxygens (including phenoxy) is 1. The van der Waals surface area contributed by atoms with E-state index in [4.69, 9.17) is 4.74 Å². The molecule has 1 rings (SSSR count). The number of rotatable bonds is 7. The Balaban J connectivity index is 2.00. The van der Waals surface area contributed by atoms with E-state index in [1.54, 1.807) is 0 Å². The molecule has 0 aliphatic carbocycles. The number of hydrogen-bond donors (Lipinski definition) is 1. The second kappa shape index (κ2) is 7.25. The molecule has 0 radical (unpaired) electrons. The summed E-state index contributed by atoms with van der Waals surface area (Å²) in [5.74, 6) is 0. The fourth-order valence-corrected chi connectivity index (χ4v) is 2.39. The zero-order valence-electron chi connectivity index (χ0n) is 11.2. The van der Waals surface area contributed by atoms with Gasteiger partial charge in [-0.1, -0.05) is 13.8 Å². The fourth-order valence-electron chi connectivity index (χ4n) is 2.39. The monoisotopic (exact) mass is 228 g/mol. The molecule has 96 valence electrons. The van der Waals surface area contributed by atoms with Gasteiger partial charge in [0, 0.05) is 32.8 Å². The van der Waals surface area contributed by atoms with Crippen LogP contribution in [-0.4, -0.2) is 50.8 Å². The molecule has 0 unspecified atom stereocenters. The second-order valence-electron chi connectivity index (χ2n) is 5.49. The molecule has 1 aliphatic heterocycles. The Morgan fingerprint density at radius 1 is 1.31 bits per heavy atom. The average molecular weight is 228 g/mol. The molecule has 3 nitrogen and oxygen atoms in total. The molecule has 0 atom stereocenters. The van der Waals surface area contributed by atoms with Crippen molar-refractivity contribution in [1.29, 1.82) is 0 Å². The third-order valence-corrected chi connectivity index (χ3v) is 3.21. The van der Waals surface area contributed by atoms with E-state index in [1.165, 1.54) is 32.5 Å². The van der Waals surface area contributed by atoms with Crippen LogP contribution < -0.4 is 5.32 Å². The maximum Gasteiger partial charge on any atom is 0.0590 e. The van der Waals surface area contributed by atoms with Gasteiger partial charge in [0.25, 0.3) is 0 Å².